The summed E-state index contributed by atoms with van der Waals surface area (Å²) in [6, 6.07) is 21.9. The number of hydrogen-bond acceptors (Lipinski definition) is 3. The van der Waals surface area contributed by atoms with Crippen LogP contribution in [0.15, 0.2) is 72.9 Å². The number of carbonyl (C=O) groups excluding carboxylic acids is 1. The van der Waals surface area contributed by atoms with Gasteiger partial charge in [-0.1, -0.05) is 59.6 Å². The van der Waals surface area contributed by atoms with Gasteiger partial charge in [0.1, 0.15) is 0 Å². The Morgan fingerprint density at radius 3 is 2.59 bits per heavy atom. The quantitative estimate of drug-likeness (QED) is 0.423. The van der Waals surface area contributed by atoms with Gasteiger partial charge in [0.05, 0.1) is 18.1 Å². The maximum atomic E-state index is 12.6. The number of fused-ring (bicyclic) bond motifs is 1. The average Bonchev–Trinajstić information content (AvgIpc) is 3.18. The number of aryl methyl sites for hydroxylation is 1. The Labute approximate surface area is 193 Å². The van der Waals surface area contributed by atoms with Gasteiger partial charge >= 0.3 is 0 Å². The first-order valence-electron chi connectivity index (χ1n) is 10.6. The van der Waals surface area contributed by atoms with Crippen LogP contribution in [0.5, 0.6) is 0 Å². The summed E-state index contributed by atoms with van der Waals surface area (Å²) in [4.78, 5) is 14.8. The van der Waals surface area contributed by atoms with E-state index >= 15 is 0 Å². The average molecular weight is 447 g/mol. The van der Waals surface area contributed by atoms with Gasteiger partial charge in [-0.2, -0.15) is 5.10 Å². The molecule has 3 aromatic carbocycles. The molecule has 4 rings (SSSR count). The van der Waals surface area contributed by atoms with E-state index in [0.29, 0.717) is 17.1 Å². The Morgan fingerprint density at radius 2 is 1.88 bits per heavy atom. The fourth-order valence-electron chi connectivity index (χ4n) is 3.77. The minimum absolute atomic E-state index is 0.132. The molecule has 1 aromatic heterocycles. The largest absolute Gasteiger partial charge is 0.348 e. The van der Waals surface area contributed by atoms with E-state index in [2.05, 4.69) is 55.5 Å². The third-order valence-electron chi connectivity index (χ3n) is 5.60. The number of aromatic nitrogens is 2. The van der Waals surface area contributed by atoms with Crippen LogP contribution in [0, 0.1) is 6.92 Å². The second kappa shape index (κ2) is 9.55. The summed E-state index contributed by atoms with van der Waals surface area (Å²) in [6.07, 6.45) is 2.04. The van der Waals surface area contributed by atoms with E-state index in [1.54, 1.807) is 0 Å². The number of halogens is 1. The third-order valence-corrected chi connectivity index (χ3v) is 5.84. The molecule has 6 heteroatoms. The van der Waals surface area contributed by atoms with E-state index in [9.17, 15) is 4.79 Å². The Kier molecular flexibility index (Phi) is 6.58. The molecule has 0 aliphatic heterocycles. The van der Waals surface area contributed by atoms with E-state index in [-0.39, 0.29) is 11.9 Å². The third kappa shape index (κ3) is 5.18. The molecule has 5 nitrogen and oxygen atoms in total. The first-order valence-corrected chi connectivity index (χ1v) is 11.0. The molecule has 0 saturated carbocycles. The van der Waals surface area contributed by atoms with Crippen molar-refractivity contribution >= 4 is 28.4 Å². The van der Waals surface area contributed by atoms with Crippen LogP contribution in [-0.2, 0) is 13.1 Å². The summed E-state index contributed by atoms with van der Waals surface area (Å²) in [7, 11) is 4.16. The van der Waals surface area contributed by atoms with Crippen molar-refractivity contribution in [1.82, 2.24) is 20.0 Å². The van der Waals surface area contributed by atoms with Crippen LogP contribution < -0.4 is 5.32 Å². The summed E-state index contributed by atoms with van der Waals surface area (Å²) in [6.45, 7) is 3.24. The highest BCUT2D eigenvalue weighted by molar-refractivity contribution is 6.30. The Hall–Kier alpha value is -3.15. The molecular weight excluding hydrogens is 420 g/mol. The molecule has 164 valence electrons. The lowest BCUT2D eigenvalue weighted by Crippen LogP contribution is -2.24. The first-order chi connectivity index (χ1) is 15.4. The standard InChI is InChI=1S/C26H27ClN4O/c1-18-7-9-20(10-8-18)25(30(2)3)17-31-16-22-12-11-21(14-24(22)29-31)26(32)28-15-19-5-4-6-23(27)13-19/h4-14,16,25H,15,17H2,1-3H3,(H,28,32). The van der Waals surface area contributed by atoms with Gasteiger partial charge in [0, 0.05) is 28.7 Å². The molecule has 0 aliphatic rings. The predicted molar refractivity (Wildman–Crippen MR) is 130 cm³/mol. The highest BCUT2D eigenvalue weighted by Crippen LogP contribution is 2.22. The van der Waals surface area contributed by atoms with E-state index in [1.165, 1.54) is 11.1 Å². The van der Waals surface area contributed by atoms with Crippen molar-refractivity contribution in [2.24, 2.45) is 0 Å². The zero-order valence-electron chi connectivity index (χ0n) is 18.5. The highest BCUT2D eigenvalue weighted by atomic mass is 35.5. The molecule has 32 heavy (non-hydrogen) atoms. The number of carbonyl (C=O) groups is 1. The number of rotatable bonds is 7. The lowest BCUT2D eigenvalue weighted by Gasteiger charge is -2.24. The van der Waals surface area contributed by atoms with Gasteiger partial charge in [0.2, 0.25) is 0 Å². The molecular formula is C26H27ClN4O. The van der Waals surface area contributed by atoms with Gasteiger partial charge in [-0.25, -0.2) is 0 Å². The maximum Gasteiger partial charge on any atom is 0.251 e. The van der Waals surface area contributed by atoms with Gasteiger partial charge in [0.25, 0.3) is 5.91 Å². The van der Waals surface area contributed by atoms with Gasteiger partial charge in [0.15, 0.2) is 0 Å². The van der Waals surface area contributed by atoms with Gasteiger partial charge < -0.3 is 10.2 Å². The Balaban J connectivity index is 1.49. The van der Waals surface area contributed by atoms with Crippen molar-refractivity contribution in [3.05, 3.63) is 100 Å². The molecule has 0 spiro atoms. The summed E-state index contributed by atoms with van der Waals surface area (Å²) >= 11 is 6.02. The van der Waals surface area contributed by atoms with Crippen molar-refractivity contribution in [3.63, 3.8) is 0 Å². The van der Waals surface area contributed by atoms with Crippen LogP contribution in [0.4, 0.5) is 0 Å². The smallest absolute Gasteiger partial charge is 0.251 e. The topological polar surface area (TPSA) is 50.2 Å². The number of amides is 1. The molecule has 1 atom stereocenters. The minimum Gasteiger partial charge on any atom is -0.348 e. The van der Waals surface area contributed by atoms with E-state index in [0.717, 1.165) is 23.0 Å². The molecule has 0 bridgehead atoms. The second-order valence-electron chi connectivity index (χ2n) is 8.33. The van der Waals surface area contributed by atoms with Crippen molar-refractivity contribution < 1.29 is 4.79 Å². The van der Waals surface area contributed by atoms with Gasteiger partial charge in [-0.15, -0.1) is 0 Å². The molecule has 1 amide bonds. The Morgan fingerprint density at radius 1 is 1.09 bits per heavy atom. The van der Waals surface area contributed by atoms with Crippen LogP contribution in [0.1, 0.15) is 33.1 Å². The number of likely N-dealkylation sites (N-methyl/N-ethyl adjacent to an activating group) is 1. The number of nitrogens with zero attached hydrogens (tertiary/aromatic N) is 3. The number of hydrogen-bond donors (Lipinski definition) is 1. The molecule has 0 aliphatic carbocycles. The fourth-order valence-corrected chi connectivity index (χ4v) is 3.98. The lowest BCUT2D eigenvalue weighted by molar-refractivity contribution is 0.0951. The minimum atomic E-state index is -0.132. The van der Waals surface area contributed by atoms with E-state index in [1.807, 2.05) is 53.3 Å². The summed E-state index contributed by atoms with van der Waals surface area (Å²) in [5.41, 5.74) is 4.86. The Bertz CT molecular complexity index is 1230. The van der Waals surface area contributed by atoms with Gasteiger partial charge in [-0.05, 0) is 56.4 Å². The number of benzene rings is 3. The maximum absolute atomic E-state index is 12.6. The normalized spacial score (nSPS) is 12.3. The van der Waals surface area contributed by atoms with Crippen LogP contribution in [0.2, 0.25) is 5.02 Å². The number of nitrogens with one attached hydrogen (secondary N) is 1. The summed E-state index contributed by atoms with van der Waals surface area (Å²) in [5, 5.41) is 9.36. The molecule has 0 radical (unpaired) electrons. The zero-order chi connectivity index (χ0) is 22.7. The van der Waals surface area contributed by atoms with Crippen molar-refractivity contribution in [2.75, 3.05) is 14.1 Å². The lowest BCUT2D eigenvalue weighted by atomic mass is 10.0. The second-order valence-corrected chi connectivity index (χ2v) is 8.76. The molecule has 1 N–H and O–H groups in total. The van der Waals surface area contributed by atoms with Crippen molar-refractivity contribution in [3.8, 4) is 0 Å². The molecule has 4 aromatic rings. The van der Waals surface area contributed by atoms with Crippen molar-refractivity contribution in [1.29, 1.82) is 0 Å². The first kappa shape index (κ1) is 22.1. The molecule has 1 unspecified atom stereocenters. The molecule has 0 fully saturated rings. The predicted octanol–water partition coefficient (Wildman–Crippen LogP) is 5.23. The highest BCUT2D eigenvalue weighted by Gasteiger charge is 2.16. The zero-order valence-corrected chi connectivity index (χ0v) is 19.3. The van der Waals surface area contributed by atoms with E-state index < -0.39 is 0 Å². The molecule has 0 saturated heterocycles. The van der Waals surface area contributed by atoms with Crippen molar-refractivity contribution in [2.45, 2.75) is 26.1 Å². The SMILES string of the molecule is Cc1ccc(C(Cn2cc3ccc(C(=O)NCc4cccc(Cl)c4)cc3n2)N(C)C)cc1. The summed E-state index contributed by atoms with van der Waals surface area (Å²) < 4.78 is 1.96. The van der Waals surface area contributed by atoms with Crippen LogP contribution >= 0.6 is 11.6 Å². The fraction of sp³-hybridized carbons (Fsp3) is 0.231. The monoisotopic (exact) mass is 446 g/mol. The summed E-state index contributed by atoms with van der Waals surface area (Å²) in [5.74, 6) is -0.132. The van der Waals surface area contributed by atoms with Crippen LogP contribution in [0.25, 0.3) is 10.9 Å². The van der Waals surface area contributed by atoms with Crippen LogP contribution in [0.3, 0.4) is 0 Å². The van der Waals surface area contributed by atoms with Gasteiger partial charge in [-0.3, -0.25) is 9.48 Å². The van der Waals surface area contributed by atoms with Crippen LogP contribution in [-0.4, -0.2) is 34.7 Å². The van der Waals surface area contributed by atoms with E-state index in [4.69, 9.17) is 16.7 Å². The molecule has 1 heterocycles.